The van der Waals surface area contributed by atoms with Gasteiger partial charge in [-0.1, -0.05) is 30.3 Å². The first-order chi connectivity index (χ1) is 11.8. The van der Waals surface area contributed by atoms with Crippen molar-refractivity contribution in [1.29, 1.82) is 0 Å². The van der Waals surface area contributed by atoms with Gasteiger partial charge < -0.3 is 19.6 Å². The first kappa shape index (κ1) is 16.4. The highest BCUT2D eigenvalue weighted by Crippen LogP contribution is 2.15. The maximum atomic E-state index is 5.32. The summed E-state index contributed by atoms with van der Waals surface area (Å²) in [5.74, 6) is 1.76. The molecule has 1 fully saturated rings. The van der Waals surface area contributed by atoms with Crippen molar-refractivity contribution in [1.82, 2.24) is 15.4 Å². The molecular formula is C18H25N5O. The molecule has 0 bridgehead atoms. The molecule has 1 N–H and O–H groups in total. The third-order valence-electron chi connectivity index (χ3n) is 4.30. The fraction of sp³-hybridized carbons (Fsp3) is 0.444. The molecule has 0 amide bonds. The predicted octanol–water partition coefficient (Wildman–Crippen LogP) is 2.13. The second-order valence-electron chi connectivity index (χ2n) is 5.85. The number of guanidine groups is 1. The van der Waals surface area contributed by atoms with E-state index in [2.05, 4.69) is 62.5 Å². The van der Waals surface area contributed by atoms with Gasteiger partial charge in [-0.15, -0.1) is 0 Å². The van der Waals surface area contributed by atoms with E-state index in [4.69, 9.17) is 4.52 Å². The van der Waals surface area contributed by atoms with E-state index in [9.17, 15) is 0 Å². The lowest BCUT2D eigenvalue weighted by Gasteiger charge is -2.37. The largest absolute Gasteiger partial charge is 0.368 e. The molecule has 0 radical (unpaired) electrons. The quantitative estimate of drug-likeness (QED) is 0.689. The van der Waals surface area contributed by atoms with Gasteiger partial charge in [-0.25, -0.2) is 0 Å². The minimum Gasteiger partial charge on any atom is -0.368 e. The number of aromatic nitrogens is 1. The highest BCUT2D eigenvalue weighted by Gasteiger charge is 2.19. The number of nitrogens with one attached hydrogen (secondary N) is 1. The molecule has 0 aliphatic carbocycles. The van der Waals surface area contributed by atoms with E-state index in [1.54, 1.807) is 0 Å². The summed E-state index contributed by atoms with van der Waals surface area (Å²) in [7, 11) is 1.82. The van der Waals surface area contributed by atoms with Gasteiger partial charge in [0.15, 0.2) is 11.7 Å². The molecule has 1 saturated heterocycles. The average molecular weight is 327 g/mol. The third-order valence-corrected chi connectivity index (χ3v) is 4.30. The predicted molar refractivity (Wildman–Crippen MR) is 96.3 cm³/mol. The summed E-state index contributed by atoms with van der Waals surface area (Å²) in [6.07, 6.45) is 0.889. The van der Waals surface area contributed by atoms with E-state index in [1.165, 1.54) is 5.69 Å². The number of para-hydroxylation sites is 1. The van der Waals surface area contributed by atoms with Crippen molar-refractivity contribution in [3.05, 3.63) is 47.9 Å². The second-order valence-corrected chi connectivity index (χ2v) is 5.85. The van der Waals surface area contributed by atoms with Crippen LogP contribution in [0.4, 0.5) is 5.69 Å². The number of hydrogen-bond acceptors (Lipinski definition) is 4. The van der Waals surface area contributed by atoms with Gasteiger partial charge in [-0.05, 0) is 18.6 Å². The molecule has 3 rings (SSSR count). The molecule has 1 aliphatic heterocycles. The van der Waals surface area contributed by atoms with Gasteiger partial charge in [0.1, 0.15) is 0 Å². The summed E-state index contributed by atoms with van der Waals surface area (Å²) in [6, 6.07) is 12.6. The molecule has 24 heavy (non-hydrogen) atoms. The SMILES string of the molecule is CCc1cc(CNC(=NC)N2CCN(c3ccccc3)CC2)on1. The summed E-state index contributed by atoms with van der Waals surface area (Å²) >= 11 is 0. The molecule has 2 heterocycles. The number of benzene rings is 1. The van der Waals surface area contributed by atoms with Gasteiger partial charge in [-0.2, -0.15) is 0 Å². The first-order valence-electron chi connectivity index (χ1n) is 8.50. The van der Waals surface area contributed by atoms with Crippen LogP contribution in [-0.4, -0.2) is 49.2 Å². The molecule has 1 aromatic carbocycles. The van der Waals surface area contributed by atoms with Crippen LogP contribution in [0.2, 0.25) is 0 Å². The number of hydrogen-bond donors (Lipinski definition) is 1. The smallest absolute Gasteiger partial charge is 0.194 e. The lowest BCUT2D eigenvalue weighted by Crippen LogP contribution is -2.52. The standard InChI is InChI=1S/C18H25N5O/c1-3-15-13-17(24-21-15)14-20-18(19-2)23-11-9-22(10-12-23)16-7-5-4-6-8-16/h4-8,13H,3,9-12,14H2,1-2H3,(H,19,20). The van der Waals surface area contributed by atoms with Gasteiger partial charge in [0, 0.05) is 45.0 Å². The molecule has 2 aromatic rings. The van der Waals surface area contributed by atoms with Gasteiger partial charge in [0.05, 0.1) is 12.2 Å². The summed E-state index contributed by atoms with van der Waals surface area (Å²) in [5.41, 5.74) is 2.27. The van der Waals surface area contributed by atoms with Gasteiger partial charge >= 0.3 is 0 Å². The van der Waals surface area contributed by atoms with Gasteiger partial charge in [0.25, 0.3) is 0 Å². The van der Waals surface area contributed by atoms with E-state index in [0.29, 0.717) is 6.54 Å². The van der Waals surface area contributed by atoms with E-state index in [0.717, 1.165) is 50.0 Å². The third kappa shape index (κ3) is 3.88. The number of aliphatic imine (C=N–C) groups is 1. The van der Waals surface area contributed by atoms with Crippen molar-refractivity contribution >= 4 is 11.6 Å². The molecule has 0 atom stereocenters. The van der Waals surface area contributed by atoms with Crippen LogP contribution in [0.25, 0.3) is 0 Å². The lowest BCUT2D eigenvalue weighted by atomic mass is 10.2. The number of rotatable bonds is 4. The fourth-order valence-corrected chi connectivity index (χ4v) is 2.92. The Morgan fingerprint density at radius 2 is 1.96 bits per heavy atom. The van der Waals surface area contributed by atoms with Crippen molar-refractivity contribution in [2.75, 3.05) is 38.1 Å². The molecule has 128 valence electrons. The van der Waals surface area contributed by atoms with Crippen LogP contribution in [0.15, 0.2) is 45.9 Å². The molecule has 1 aliphatic rings. The van der Waals surface area contributed by atoms with Gasteiger partial charge in [0.2, 0.25) is 0 Å². The Kier molecular flexibility index (Phi) is 5.36. The van der Waals surface area contributed by atoms with Crippen molar-refractivity contribution < 1.29 is 4.52 Å². The number of anilines is 1. The minimum absolute atomic E-state index is 0.610. The Labute approximate surface area is 143 Å². The second kappa shape index (κ2) is 7.86. The molecule has 6 nitrogen and oxygen atoms in total. The highest BCUT2D eigenvalue weighted by molar-refractivity contribution is 5.80. The number of piperazine rings is 1. The van der Waals surface area contributed by atoms with E-state index >= 15 is 0 Å². The fourth-order valence-electron chi connectivity index (χ4n) is 2.92. The summed E-state index contributed by atoms with van der Waals surface area (Å²) in [5, 5.41) is 7.39. The Morgan fingerprint density at radius 1 is 1.21 bits per heavy atom. The number of aryl methyl sites for hydroxylation is 1. The summed E-state index contributed by atoms with van der Waals surface area (Å²) < 4.78 is 5.32. The molecule has 0 spiro atoms. The molecular weight excluding hydrogens is 302 g/mol. The number of nitrogens with zero attached hydrogens (tertiary/aromatic N) is 4. The molecule has 6 heteroatoms. The van der Waals surface area contributed by atoms with Crippen molar-refractivity contribution in [2.45, 2.75) is 19.9 Å². The maximum absolute atomic E-state index is 5.32. The van der Waals surface area contributed by atoms with E-state index < -0.39 is 0 Å². The maximum Gasteiger partial charge on any atom is 0.194 e. The van der Waals surface area contributed by atoms with Crippen molar-refractivity contribution in [3.8, 4) is 0 Å². The van der Waals surface area contributed by atoms with Crippen molar-refractivity contribution in [2.24, 2.45) is 4.99 Å². The Bertz CT molecular complexity index is 659. The average Bonchev–Trinajstić information content (AvgIpc) is 3.12. The highest BCUT2D eigenvalue weighted by atomic mass is 16.5. The minimum atomic E-state index is 0.610. The lowest BCUT2D eigenvalue weighted by molar-refractivity contribution is 0.356. The van der Waals surface area contributed by atoms with Crippen molar-refractivity contribution in [3.63, 3.8) is 0 Å². The Morgan fingerprint density at radius 3 is 2.58 bits per heavy atom. The first-order valence-corrected chi connectivity index (χ1v) is 8.50. The van der Waals surface area contributed by atoms with Crippen LogP contribution < -0.4 is 10.2 Å². The van der Waals surface area contributed by atoms with Gasteiger partial charge in [-0.3, -0.25) is 4.99 Å². The monoisotopic (exact) mass is 327 g/mol. The van der Waals surface area contributed by atoms with E-state index in [1.807, 2.05) is 13.1 Å². The molecule has 0 saturated carbocycles. The zero-order valence-electron chi connectivity index (χ0n) is 14.4. The molecule has 1 aromatic heterocycles. The van der Waals surface area contributed by atoms with Crippen LogP contribution in [0.3, 0.4) is 0 Å². The van der Waals surface area contributed by atoms with Crippen LogP contribution in [0, 0.1) is 0 Å². The topological polar surface area (TPSA) is 56.9 Å². The summed E-state index contributed by atoms with van der Waals surface area (Å²) in [4.78, 5) is 9.10. The summed E-state index contributed by atoms with van der Waals surface area (Å²) in [6.45, 7) is 6.56. The zero-order chi connectivity index (χ0) is 16.8. The van der Waals surface area contributed by atoms with Crippen LogP contribution in [0.1, 0.15) is 18.4 Å². The molecule has 0 unspecified atom stereocenters. The van der Waals surface area contributed by atoms with Crippen LogP contribution in [-0.2, 0) is 13.0 Å². The van der Waals surface area contributed by atoms with Crippen LogP contribution >= 0.6 is 0 Å². The Hall–Kier alpha value is -2.50. The van der Waals surface area contributed by atoms with Crippen LogP contribution in [0.5, 0.6) is 0 Å². The zero-order valence-corrected chi connectivity index (χ0v) is 14.4. The Balaban J connectivity index is 1.52. The normalized spacial score (nSPS) is 15.7. The van der Waals surface area contributed by atoms with E-state index in [-0.39, 0.29) is 0 Å².